The van der Waals surface area contributed by atoms with Crippen molar-refractivity contribution >= 4 is 5.78 Å². The van der Waals surface area contributed by atoms with E-state index in [1.165, 1.54) is 0 Å². The lowest BCUT2D eigenvalue weighted by Gasteiger charge is -2.03. The summed E-state index contributed by atoms with van der Waals surface area (Å²) in [5.74, 6) is -2.00. The lowest BCUT2D eigenvalue weighted by molar-refractivity contribution is -0.0888. The smallest absolute Gasteiger partial charge is 0.282 e. The molecule has 2 rings (SSSR count). The van der Waals surface area contributed by atoms with E-state index < -0.39 is 17.7 Å². The van der Waals surface area contributed by atoms with Gasteiger partial charge in [0.1, 0.15) is 0 Å². The van der Waals surface area contributed by atoms with Gasteiger partial charge in [-0.05, 0) is 18.6 Å². The summed E-state index contributed by atoms with van der Waals surface area (Å²) in [5, 5.41) is 6.72. The number of rotatable bonds is 3. The van der Waals surface area contributed by atoms with E-state index >= 15 is 0 Å². The van der Waals surface area contributed by atoms with E-state index in [1.807, 2.05) is 13.0 Å². The highest BCUT2D eigenvalue weighted by atomic mass is 19.4. The highest BCUT2D eigenvalue weighted by Gasteiger charge is 2.41. The van der Waals surface area contributed by atoms with Crippen LogP contribution in [0.2, 0.25) is 0 Å². The molecule has 0 aliphatic rings. The summed E-state index contributed by atoms with van der Waals surface area (Å²) >= 11 is 0. The van der Waals surface area contributed by atoms with Crippen LogP contribution in [-0.4, -0.2) is 31.9 Å². The van der Waals surface area contributed by atoms with Gasteiger partial charge in [-0.15, -0.1) is 5.10 Å². The Morgan fingerprint density at radius 3 is 2.79 bits per heavy atom. The Kier molecular flexibility index (Phi) is 3.32. The average molecular weight is 270 g/mol. The van der Waals surface area contributed by atoms with Gasteiger partial charge in [-0.1, -0.05) is 11.3 Å². The van der Waals surface area contributed by atoms with Gasteiger partial charge in [0, 0.05) is 6.20 Å². The Morgan fingerprint density at radius 1 is 1.42 bits per heavy atom. The SMILES string of the molecule is Cc1cccnc1Cn1cc(C(=O)C(F)(F)F)nn1. The van der Waals surface area contributed by atoms with Gasteiger partial charge in [0.25, 0.3) is 5.78 Å². The maximum Gasteiger partial charge on any atom is 0.456 e. The van der Waals surface area contributed by atoms with Gasteiger partial charge in [-0.2, -0.15) is 13.2 Å². The fourth-order valence-electron chi connectivity index (χ4n) is 1.46. The molecule has 0 unspecified atom stereocenters. The van der Waals surface area contributed by atoms with E-state index in [2.05, 4.69) is 15.3 Å². The molecule has 0 bridgehead atoms. The molecule has 2 heterocycles. The normalized spacial score (nSPS) is 11.6. The number of Topliss-reactive ketones (excluding diaryl/α,β-unsaturated/α-hetero) is 1. The van der Waals surface area contributed by atoms with Crippen LogP contribution in [0.25, 0.3) is 0 Å². The quantitative estimate of drug-likeness (QED) is 0.797. The van der Waals surface area contributed by atoms with Crippen LogP contribution >= 0.6 is 0 Å². The van der Waals surface area contributed by atoms with E-state index in [0.717, 1.165) is 16.4 Å². The van der Waals surface area contributed by atoms with Gasteiger partial charge in [0.2, 0.25) is 0 Å². The zero-order chi connectivity index (χ0) is 14.0. The van der Waals surface area contributed by atoms with Crippen LogP contribution in [0.3, 0.4) is 0 Å². The molecular weight excluding hydrogens is 261 g/mol. The number of aryl methyl sites for hydroxylation is 1. The Bertz CT molecular complexity index is 606. The number of pyridine rings is 1. The summed E-state index contributed by atoms with van der Waals surface area (Å²) in [6.07, 6.45) is -2.41. The van der Waals surface area contributed by atoms with E-state index in [9.17, 15) is 18.0 Å². The predicted molar refractivity (Wildman–Crippen MR) is 58.5 cm³/mol. The molecular formula is C11H9F3N4O. The number of carbonyl (C=O) groups is 1. The molecule has 8 heteroatoms. The molecule has 2 aromatic heterocycles. The second kappa shape index (κ2) is 4.79. The van der Waals surface area contributed by atoms with Crippen LogP contribution in [0.5, 0.6) is 0 Å². The lowest BCUT2D eigenvalue weighted by Crippen LogP contribution is -2.23. The van der Waals surface area contributed by atoms with Crippen LogP contribution in [-0.2, 0) is 6.54 Å². The Morgan fingerprint density at radius 2 is 2.16 bits per heavy atom. The number of aromatic nitrogens is 4. The van der Waals surface area contributed by atoms with Gasteiger partial charge in [-0.25, -0.2) is 4.68 Å². The minimum absolute atomic E-state index is 0.158. The first-order chi connectivity index (χ1) is 8.88. The number of alkyl halides is 3. The second-order valence-electron chi connectivity index (χ2n) is 3.90. The summed E-state index contributed by atoms with van der Waals surface area (Å²) < 4.78 is 37.7. The van der Waals surface area contributed by atoms with Gasteiger partial charge in [0.05, 0.1) is 18.4 Å². The molecule has 0 spiro atoms. The summed E-state index contributed by atoms with van der Waals surface area (Å²) in [4.78, 5) is 15.0. The number of hydrogen-bond donors (Lipinski definition) is 0. The number of carbonyl (C=O) groups excluding carboxylic acids is 1. The van der Waals surface area contributed by atoms with Crippen molar-refractivity contribution in [1.29, 1.82) is 0 Å². The summed E-state index contributed by atoms with van der Waals surface area (Å²) in [6.45, 7) is 1.98. The third-order valence-electron chi connectivity index (χ3n) is 2.46. The molecule has 19 heavy (non-hydrogen) atoms. The molecule has 0 aliphatic heterocycles. The van der Waals surface area contributed by atoms with Gasteiger partial charge < -0.3 is 0 Å². The average Bonchev–Trinajstić information content (AvgIpc) is 2.78. The molecule has 0 atom stereocenters. The fourth-order valence-corrected chi connectivity index (χ4v) is 1.46. The van der Waals surface area contributed by atoms with E-state index in [4.69, 9.17) is 0 Å². The molecule has 0 fully saturated rings. The third-order valence-corrected chi connectivity index (χ3v) is 2.46. The monoisotopic (exact) mass is 270 g/mol. The summed E-state index contributed by atoms with van der Waals surface area (Å²) in [7, 11) is 0. The summed E-state index contributed by atoms with van der Waals surface area (Å²) in [6, 6.07) is 3.57. The zero-order valence-corrected chi connectivity index (χ0v) is 9.85. The zero-order valence-electron chi connectivity index (χ0n) is 9.85. The van der Waals surface area contributed by atoms with Gasteiger partial charge in [-0.3, -0.25) is 9.78 Å². The largest absolute Gasteiger partial charge is 0.456 e. The van der Waals surface area contributed by atoms with Crippen molar-refractivity contribution in [3.63, 3.8) is 0 Å². The van der Waals surface area contributed by atoms with Crippen LogP contribution in [0.15, 0.2) is 24.5 Å². The minimum Gasteiger partial charge on any atom is -0.282 e. The fraction of sp³-hybridized carbons (Fsp3) is 0.273. The number of halogens is 3. The molecule has 0 aliphatic carbocycles. The van der Waals surface area contributed by atoms with Crippen LogP contribution in [0.1, 0.15) is 21.7 Å². The molecule has 0 N–H and O–H groups in total. The van der Waals surface area contributed by atoms with Crippen LogP contribution < -0.4 is 0 Å². The van der Waals surface area contributed by atoms with Crippen molar-refractivity contribution in [2.24, 2.45) is 0 Å². The molecule has 5 nitrogen and oxygen atoms in total. The topological polar surface area (TPSA) is 60.7 Å². The molecule has 0 amide bonds. The van der Waals surface area contributed by atoms with Gasteiger partial charge >= 0.3 is 6.18 Å². The van der Waals surface area contributed by atoms with Crippen LogP contribution in [0, 0.1) is 6.92 Å². The predicted octanol–water partition coefficient (Wildman–Crippen LogP) is 1.77. The molecule has 0 saturated carbocycles. The van der Waals surface area contributed by atoms with Crippen molar-refractivity contribution in [2.45, 2.75) is 19.6 Å². The molecule has 100 valence electrons. The van der Waals surface area contributed by atoms with Crippen LogP contribution in [0.4, 0.5) is 13.2 Å². The number of ketones is 1. The standard InChI is InChI=1S/C11H9F3N4O/c1-7-3-2-4-15-8(7)5-18-6-9(16-17-18)10(19)11(12,13)14/h2-4,6H,5H2,1H3. The Labute approximate surface area is 106 Å². The second-order valence-corrected chi connectivity index (χ2v) is 3.90. The number of hydrogen-bond acceptors (Lipinski definition) is 4. The highest BCUT2D eigenvalue weighted by Crippen LogP contribution is 2.20. The Hall–Kier alpha value is -2.25. The van der Waals surface area contributed by atoms with E-state index in [0.29, 0.717) is 5.69 Å². The lowest BCUT2D eigenvalue weighted by atomic mass is 10.2. The first kappa shape index (κ1) is 13.2. The number of nitrogens with zero attached hydrogens (tertiary/aromatic N) is 4. The van der Waals surface area contributed by atoms with Crippen molar-refractivity contribution < 1.29 is 18.0 Å². The van der Waals surface area contributed by atoms with Crippen molar-refractivity contribution in [3.05, 3.63) is 41.5 Å². The summed E-state index contributed by atoms with van der Waals surface area (Å²) in [5.41, 5.74) is 0.807. The highest BCUT2D eigenvalue weighted by molar-refractivity contribution is 5.98. The first-order valence-electron chi connectivity index (χ1n) is 5.30. The van der Waals surface area contributed by atoms with Gasteiger partial charge in [0.15, 0.2) is 5.69 Å². The molecule has 0 saturated heterocycles. The molecule has 0 radical (unpaired) electrons. The van der Waals surface area contributed by atoms with E-state index in [1.54, 1.807) is 12.3 Å². The maximum absolute atomic E-state index is 12.2. The first-order valence-corrected chi connectivity index (χ1v) is 5.30. The van der Waals surface area contributed by atoms with Crippen molar-refractivity contribution in [2.75, 3.05) is 0 Å². The minimum atomic E-state index is -4.94. The van der Waals surface area contributed by atoms with Crippen molar-refractivity contribution in [1.82, 2.24) is 20.0 Å². The maximum atomic E-state index is 12.2. The molecule has 0 aromatic carbocycles. The third kappa shape index (κ3) is 2.95. The molecule has 2 aromatic rings. The van der Waals surface area contributed by atoms with E-state index in [-0.39, 0.29) is 6.54 Å². The van der Waals surface area contributed by atoms with Crippen molar-refractivity contribution in [3.8, 4) is 0 Å². The Balaban J connectivity index is 2.19.